The standard InChI is InChI=1S/C19H21FN2O4S/c1-13-4-6-16(27(24,25)22-7-9-26-10-8-22)12-17(13)19(23)21-18-11-15(20)5-3-14(18)2/h3-6,11-12H,7-10H2,1-2H3,(H,21,23). The van der Waals surface area contributed by atoms with Gasteiger partial charge in [-0.25, -0.2) is 12.8 Å². The second-order valence-corrected chi connectivity index (χ2v) is 8.34. The lowest BCUT2D eigenvalue weighted by Gasteiger charge is -2.26. The van der Waals surface area contributed by atoms with E-state index in [-0.39, 0.29) is 23.5 Å². The molecule has 27 heavy (non-hydrogen) atoms. The van der Waals surface area contributed by atoms with Crippen LogP contribution >= 0.6 is 0 Å². The molecule has 0 atom stereocenters. The molecule has 0 aliphatic carbocycles. The summed E-state index contributed by atoms with van der Waals surface area (Å²) in [7, 11) is -3.71. The summed E-state index contributed by atoms with van der Waals surface area (Å²) in [5, 5.41) is 2.66. The van der Waals surface area contributed by atoms with Crippen molar-refractivity contribution >= 4 is 21.6 Å². The summed E-state index contributed by atoms with van der Waals surface area (Å²) >= 11 is 0. The number of amides is 1. The average molecular weight is 392 g/mol. The van der Waals surface area contributed by atoms with Gasteiger partial charge in [-0.2, -0.15) is 4.31 Å². The molecule has 1 aliphatic rings. The van der Waals surface area contributed by atoms with Crippen LogP contribution in [0, 0.1) is 19.7 Å². The molecule has 1 fully saturated rings. The van der Waals surface area contributed by atoms with Crippen LogP contribution in [-0.2, 0) is 14.8 Å². The third-order valence-electron chi connectivity index (χ3n) is 4.51. The third-order valence-corrected chi connectivity index (χ3v) is 6.40. The maximum Gasteiger partial charge on any atom is 0.255 e. The fourth-order valence-electron chi connectivity index (χ4n) is 2.86. The number of nitrogens with zero attached hydrogens (tertiary/aromatic N) is 1. The molecular weight excluding hydrogens is 371 g/mol. The first-order valence-electron chi connectivity index (χ1n) is 8.55. The molecule has 0 unspecified atom stereocenters. The zero-order valence-corrected chi connectivity index (χ0v) is 16.0. The lowest BCUT2D eigenvalue weighted by molar-refractivity contribution is 0.0730. The van der Waals surface area contributed by atoms with Crippen molar-refractivity contribution in [2.24, 2.45) is 0 Å². The van der Waals surface area contributed by atoms with E-state index in [0.29, 0.717) is 30.0 Å². The topological polar surface area (TPSA) is 75.7 Å². The number of nitrogens with one attached hydrogen (secondary N) is 1. The highest BCUT2D eigenvalue weighted by molar-refractivity contribution is 7.89. The number of sulfonamides is 1. The van der Waals surface area contributed by atoms with Gasteiger partial charge in [0.2, 0.25) is 10.0 Å². The summed E-state index contributed by atoms with van der Waals surface area (Å²) in [6, 6.07) is 8.56. The SMILES string of the molecule is Cc1ccc(F)cc1NC(=O)c1cc(S(=O)(=O)N2CCOCC2)ccc1C. The predicted octanol–water partition coefficient (Wildman–Crippen LogP) is 2.72. The van der Waals surface area contributed by atoms with E-state index in [1.807, 2.05) is 0 Å². The Morgan fingerprint density at radius 3 is 2.44 bits per heavy atom. The van der Waals surface area contributed by atoms with E-state index in [0.717, 1.165) is 0 Å². The largest absolute Gasteiger partial charge is 0.379 e. The van der Waals surface area contributed by atoms with E-state index >= 15 is 0 Å². The smallest absolute Gasteiger partial charge is 0.255 e. The average Bonchev–Trinajstić information content (AvgIpc) is 2.65. The molecule has 0 spiro atoms. The number of aryl methyl sites for hydroxylation is 2. The Hall–Kier alpha value is -2.29. The highest BCUT2D eigenvalue weighted by Crippen LogP contribution is 2.22. The van der Waals surface area contributed by atoms with Gasteiger partial charge in [-0.3, -0.25) is 4.79 Å². The molecule has 0 radical (unpaired) electrons. The van der Waals surface area contributed by atoms with Crippen molar-refractivity contribution < 1.29 is 22.3 Å². The van der Waals surface area contributed by atoms with Crippen LogP contribution < -0.4 is 5.32 Å². The minimum Gasteiger partial charge on any atom is -0.379 e. The molecule has 0 saturated carbocycles. The van der Waals surface area contributed by atoms with Gasteiger partial charge >= 0.3 is 0 Å². The van der Waals surface area contributed by atoms with Gasteiger partial charge in [-0.15, -0.1) is 0 Å². The molecule has 1 heterocycles. The maximum atomic E-state index is 13.5. The van der Waals surface area contributed by atoms with E-state index in [1.165, 1.54) is 28.6 Å². The Bertz CT molecular complexity index is 970. The summed E-state index contributed by atoms with van der Waals surface area (Å²) in [5.41, 5.74) is 1.91. The van der Waals surface area contributed by atoms with Gasteiger partial charge in [0, 0.05) is 24.3 Å². The molecule has 6 nitrogen and oxygen atoms in total. The molecule has 8 heteroatoms. The van der Waals surface area contributed by atoms with E-state index in [1.54, 1.807) is 26.0 Å². The zero-order valence-electron chi connectivity index (χ0n) is 15.2. The Kier molecular flexibility index (Phi) is 5.59. The normalized spacial score (nSPS) is 15.5. The van der Waals surface area contributed by atoms with Crippen LogP contribution in [0.15, 0.2) is 41.3 Å². The monoisotopic (exact) mass is 392 g/mol. The van der Waals surface area contributed by atoms with Gasteiger partial charge in [0.15, 0.2) is 0 Å². The molecular formula is C19H21FN2O4S. The second kappa shape index (κ2) is 7.75. The Morgan fingerprint density at radius 2 is 1.74 bits per heavy atom. The van der Waals surface area contributed by atoms with Crippen molar-refractivity contribution in [2.75, 3.05) is 31.6 Å². The number of morpholine rings is 1. The van der Waals surface area contributed by atoms with E-state index < -0.39 is 21.7 Å². The number of rotatable bonds is 4. The molecule has 144 valence electrons. The Labute approximate surface area is 158 Å². The lowest BCUT2D eigenvalue weighted by Crippen LogP contribution is -2.40. The maximum absolute atomic E-state index is 13.5. The number of hydrogen-bond acceptors (Lipinski definition) is 4. The summed E-state index contributed by atoms with van der Waals surface area (Å²) < 4.78 is 45.6. The quantitative estimate of drug-likeness (QED) is 0.868. The number of halogens is 1. The van der Waals surface area contributed by atoms with Gasteiger partial charge < -0.3 is 10.1 Å². The van der Waals surface area contributed by atoms with Crippen molar-refractivity contribution in [2.45, 2.75) is 18.7 Å². The molecule has 1 aliphatic heterocycles. The number of carbonyl (C=O) groups is 1. The van der Waals surface area contributed by atoms with Crippen LogP contribution in [0.1, 0.15) is 21.5 Å². The first-order valence-corrected chi connectivity index (χ1v) is 9.99. The number of carbonyl (C=O) groups excluding carboxylic acids is 1. The third kappa shape index (κ3) is 4.18. The van der Waals surface area contributed by atoms with Crippen LogP contribution in [0.2, 0.25) is 0 Å². The summed E-state index contributed by atoms with van der Waals surface area (Å²) in [6.07, 6.45) is 0. The minimum absolute atomic E-state index is 0.0520. The Balaban J connectivity index is 1.91. The number of benzene rings is 2. The van der Waals surface area contributed by atoms with Crippen LogP contribution in [0.4, 0.5) is 10.1 Å². The molecule has 1 saturated heterocycles. The minimum atomic E-state index is -3.71. The van der Waals surface area contributed by atoms with Crippen LogP contribution in [0.25, 0.3) is 0 Å². The van der Waals surface area contributed by atoms with Gasteiger partial charge in [-0.05, 0) is 49.2 Å². The summed E-state index contributed by atoms with van der Waals surface area (Å²) in [5.74, 6) is -0.948. The molecule has 1 amide bonds. The van der Waals surface area contributed by atoms with E-state index in [4.69, 9.17) is 4.74 Å². The van der Waals surface area contributed by atoms with Crippen molar-refractivity contribution in [3.8, 4) is 0 Å². The molecule has 3 rings (SSSR count). The number of ether oxygens (including phenoxy) is 1. The van der Waals surface area contributed by atoms with Gasteiger partial charge in [0.1, 0.15) is 5.82 Å². The molecule has 0 bridgehead atoms. The zero-order chi connectivity index (χ0) is 19.6. The first kappa shape index (κ1) is 19.5. The Morgan fingerprint density at radius 1 is 1.07 bits per heavy atom. The van der Waals surface area contributed by atoms with Gasteiger partial charge in [-0.1, -0.05) is 12.1 Å². The van der Waals surface area contributed by atoms with Gasteiger partial charge in [0.25, 0.3) is 5.91 Å². The van der Waals surface area contributed by atoms with E-state index in [9.17, 15) is 17.6 Å². The molecule has 2 aromatic rings. The van der Waals surface area contributed by atoms with Crippen LogP contribution in [-0.4, -0.2) is 44.9 Å². The fraction of sp³-hybridized carbons (Fsp3) is 0.316. The van der Waals surface area contributed by atoms with Crippen molar-refractivity contribution in [3.63, 3.8) is 0 Å². The van der Waals surface area contributed by atoms with Crippen molar-refractivity contribution in [1.82, 2.24) is 4.31 Å². The lowest BCUT2D eigenvalue weighted by atomic mass is 10.1. The van der Waals surface area contributed by atoms with Crippen molar-refractivity contribution in [3.05, 3.63) is 58.9 Å². The first-order chi connectivity index (χ1) is 12.8. The van der Waals surface area contributed by atoms with Crippen LogP contribution in [0.3, 0.4) is 0 Å². The highest BCUT2D eigenvalue weighted by atomic mass is 32.2. The highest BCUT2D eigenvalue weighted by Gasteiger charge is 2.27. The van der Waals surface area contributed by atoms with E-state index in [2.05, 4.69) is 5.32 Å². The summed E-state index contributed by atoms with van der Waals surface area (Å²) in [6.45, 7) is 4.72. The van der Waals surface area contributed by atoms with Crippen LogP contribution in [0.5, 0.6) is 0 Å². The molecule has 1 N–H and O–H groups in total. The predicted molar refractivity (Wildman–Crippen MR) is 99.8 cm³/mol. The molecule has 2 aromatic carbocycles. The fourth-order valence-corrected chi connectivity index (χ4v) is 4.30. The number of anilines is 1. The van der Waals surface area contributed by atoms with Crippen molar-refractivity contribution in [1.29, 1.82) is 0 Å². The summed E-state index contributed by atoms with van der Waals surface area (Å²) in [4.78, 5) is 12.7. The second-order valence-electron chi connectivity index (χ2n) is 6.41. The van der Waals surface area contributed by atoms with Gasteiger partial charge in [0.05, 0.1) is 18.1 Å². The molecule has 0 aromatic heterocycles. The number of hydrogen-bond donors (Lipinski definition) is 1.